The highest BCUT2D eigenvalue weighted by atomic mass is 16.6. The molecule has 1 aromatic rings. The van der Waals surface area contributed by atoms with E-state index < -0.39 is 11.7 Å². The summed E-state index contributed by atoms with van der Waals surface area (Å²) in [5, 5.41) is 9.25. The highest BCUT2D eigenvalue weighted by Crippen LogP contribution is 2.17. The Bertz CT molecular complexity index is 594. The molecule has 8 nitrogen and oxygen atoms in total. The van der Waals surface area contributed by atoms with Crippen molar-refractivity contribution in [2.75, 3.05) is 25.0 Å². The molecule has 0 aliphatic carbocycles. The lowest BCUT2D eigenvalue weighted by Crippen LogP contribution is -2.49. The van der Waals surface area contributed by atoms with E-state index in [2.05, 4.69) is 20.7 Å². The van der Waals surface area contributed by atoms with E-state index in [-0.39, 0.29) is 18.5 Å². The molecule has 0 aromatic carbocycles. The lowest BCUT2D eigenvalue weighted by molar-refractivity contribution is -0.118. The predicted octanol–water partition coefficient (Wildman–Crippen LogP) is 2.30. The molecule has 0 bridgehead atoms. The Labute approximate surface area is 148 Å². The fourth-order valence-corrected chi connectivity index (χ4v) is 2.80. The highest BCUT2D eigenvalue weighted by molar-refractivity contribution is 5.91. The summed E-state index contributed by atoms with van der Waals surface area (Å²) in [6.45, 7) is 8.81. The van der Waals surface area contributed by atoms with E-state index in [1.807, 2.05) is 20.8 Å². The van der Waals surface area contributed by atoms with Crippen molar-refractivity contribution in [2.24, 2.45) is 0 Å². The topological polar surface area (TPSA) is 96.7 Å². The molecule has 140 valence electrons. The number of carbonyl (C=O) groups excluding carboxylic acids is 2. The number of piperidine rings is 1. The molecule has 1 atom stereocenters. The molecule has 2 rings (SSSR count). The molecular weight excluding hydrogens is 324 g/mol. The number of nitrogens with zero attached hydrogens (tertiary/aromatic N) is 2. The highest BCUT2D eigenvalue weighted by Gasteiger charge is 2.26. The first-order chi connectivity index (χ1) is 11.7. The number of carbonyl (C=O) groups is 2. The Morgan fingerprint density at radius 1 is 1.40 bits per heavy atom. The molecule has 2 N–H and O–H groups in total. The molecule has 2 heterocycles. The summed E-state index contributed by atoms with van der Waals surface area (Å²) in [5.41, 5.74) is 0.193. The smallest absolute Gasteiger partial charge is 0.407 e. The van der Waals surface area contributed by atoms with Crippen LogP contribution in [0, 0.1) is 6.92 Å². The summed E-state index contributed by atoms with van der Waals surface area (Å²) in [5.74, 6) is 0.197. The van der Waals surface area contributed by atoms with Crippen LogP contribution >= 0.6 is 0 Å². The number of hydrogen-bond donors (Lipinski definition) is 2. The molecule has 1 aliphatic heterocycles. The second kappa shape index (κ2) is 8.33. The largest absolute Gasteiger partial charge is 0.444 e. The molecule has 0 radical (unpaired) electrons. The van der Waals surface area contributed by atoms with Crippen LogP contribution in [0.2, 0.25) is 0 Å². The molecule has 8 heteroatoms. The van der Waals surface area contributed by atoms with Gasteiger partial charge in [0.1, 0.15) is 5.60 Å². The minimum atomic E-state index is -0.522. The minimum Gasteiger partial charge on any atom is -0.444 e. The molecule has 1 aliphatic rings. The molecule has 1 fully saturated rings. The maximum absolute atomic E-state index is 12.2. The van der Waals surface area contributed by atoms with Gasteiger partial charge in [0.2, 0.25) is 11.8 Å². The first kappa shape index (κ1) is 19.2. The van der Waals surface area contributed by atoms with Crippen LogP contribution in [0.15, 0.2) is 10.6 Å². The van der Waals surface area contributed by atoms with Crippen LogP contribution in [-0.4, -0.2) is 53.3 Å². The lowest BCUT2D eigenvalue weighted by Gasteiger charge is -2.35. The van der Waals surface area contributed by atoms with Gasteiger partial charge in [0.15, 0.2) is 0 Å². The van der Waals surface area contributed by atoms with E-state index in [1.165, 1.54) is 0 Å². The van der Waals surface area contributed by atoms with Gasteiger partial charge in [-0.1, -0.05) is 11.6 Å². The Kier molecular flexibility index (Phi) is 6.41. The van der Waals surface area contributed by atoms with E-state index in [4.69, 9.17) is 9.26 Å². The van der Waals surface area contributed by atoms with Crippen molar-refractivity contribution in [3.8, 4) is 0 Å². The van der Waals surface area contributed by atoms with E-state index in [1.54, 1.807) is 13.0 Å². The van der Waals surface area contributed by atoms with Gasteiger partial charge < -0.3 is 14.6 Å². The zero-order valence-corrected chi connectivity index (χ0v) is 15.4. The van der Waals surface area contributed by atoms with Crippen LogP contribution in [0.25, 0.3) is 0 Å². The van der Waals surface area contributed by atoms with Crippen molar-refractivity contribution in [2.45, 2.75) is 58.6 Å². The first-order valence-corrected chi connectivity index (χ1v) is 8.67. The van der Waals surface area contributed by atoms with Gasteiger partial charge in [-0.2, -0.15) is 0 Å². The molecule has 25 heavy (non-hydrogen) atoms. The van der Waals surface area contributed by atoms with Crippen LogP contribution in [0.5, 0.6) is 0 Å². The van der Waals surface area contributed by atoms with Crippen molar-refractivity contribution < 1.29 is 18.8 Å². The number of likely N-dealkylation sites (tertiary alicyclic amines) is 1. The molecule has 1 saturated heterocycles. The normalized spacial score (nSPS) is 18.6. The number of nitrogens with one attached hydrogen (secondary N) is 2. The number of ether oxygens (including phenoxy) is 1. The summed E-state index contributed by atoms with van der Waals surface area (Å²) in [7, 11) is 0. The van der Waals surface area contributed by atoms with E-state index in [9.17, 15) is 9.59 Å². The van der Waals surface area contributed by atoms with Crippen LogP contribution in [-0.2, 0) is 9.53 Å². The first-order valence-electron chi connectivity index (χ1n) is 8.67. The average molecular weight is 352 g/mol. The maximum Gasteiger partial charge on any atom is 0.407 e. The van der Waals surface area contributed by atoms with Crippen LogP contribution < -0.4 is 10.6 Å². The summed E-state index contributed by atoms with van der Waals surface area (Å²) in [6.07, 6.45) is 2.63. The number of amides is 2. The van der Waals surface area contributed by atoms with Gasteiger partial charge in [0.25, 0.3) is 0 Å². The van der Waals surface area contributed by atoms with Gasteiger partial charge in [-0.3, -0.25) is 15.0 Å². The zero-order chi connectivity index (χ0) is 18.4. The predicted molar refractivity (Wildman–Crippen MR) is 93.3 cm³/mol. The van der Waals surface area contributed by atoms with E-state index >= 15 is 0 Å². The third-order valence-corrected chi connectivity index (χ3v) is 3.87. The Morgan fingerprint density at radius 2 is 2.16 bits per heavy atom. The van der Waals surface area contributed by atoms with Crippen LogP contribution in [0.4, 0.5) is 10.7 Å². The van der Waals surface area contributed by atoms with Crippen LogP contribution in [0.1, 0.15) is 45.7 Å². The second-order valence-electron chi connectivity index (χ2n) is 7.38. The Hall–Kier alpha value is -2.09. The Balaban J connectivity index is 1.83. The number of hydrogen-bond acceptors (Lipinski definition) is 6. The second-order valence-corrected chi connectivity index (χ2v) is 7.38. The number of alkyl carbamates (subject to hydrolysis) is 1. The van der Waals surface area contributed by atoms with Crippen LogP contribution in [0.3, 0.4) is 0 Å². The van der Waals surface area contributed by atoms with Gasteiger partial charge in [-0.15, -0.1) is 0 Å². The fraction of sp³-hybridized carbons (Fsp3) is 0.706. The number of aryl methyl sites for hydroxylation is 1. The van der Waals surface area contributed by atoms with Gasteiger partial charge in [0, 0.05) is 18.7 Å². The van der Waals surface area contributed by atoms with Crippen molar-refractivity contribution in [1.29, 1.82) is 0 Å². The lowest BCUT2D eigenvalue weighted by atomic mass is 10.0. The molecule has 1 aromatic heterocycles. The van der Waals surface area contributed by atoms with Gasteiger partial charge in [-0.05, 0) is 47.1 Å². The number of rotatable bonds is 5. The molecule has 0 saturated carbocycles. The summed E-state index contributed by atoms with van der Waals surface area (Å²) in [6, 6.07) is 1.79. The summed E-state index contributed by atoms with van der Waals surface area (Å²) < 4.78 is 10.3. The minimum absolute atomic E-state index is 0.114. The monoisotopic (exact) mass is 352 g/mol. The molecule has 2 amide bonds. The van der Waals surface area contributed by atoms with E-state index in [0.717, 1.165) is 25.8 Å². The fourth-order valence-electron chi connectivity index (χ4n) is 2.80. The third-order valence-electron chi connectivity index (χ3n) is 3.87. The molecular formula is C17H28N4O4. The third kappa shape index (κ3) is 6.74. The standard InChI is InChI=1S/C17H28N4O4/c1-12-9-15(25-20-12)19-14(22)11-21-8-6-5-7-13(21)10-18-16(23)24-17(2,3)4/h9,13H,5-8,10-11H2,1-4H3,(H,18,23)(H,19,22)/t13-/m0/s1. The van der Waals surface area contributed by atoms with Crippen molar-refractivity contribution in [3.63, 3.8) is 0 Å². The van der Waals surface area contributed by atoms with Crippen molar-refractivity contribution >= 4 is 17.9 Å². The van der Waals surface area contributed by atoms with Crippen molar-refractivity contribution in [3.05, 3.63) is 11.8 Å². The molecule has 0 spiro atoms. The van der Waals surface area contributed by atoms with Gasteiger partial charge >= 0.3 is 6.09 Å². The number of aromatic nitrogens is 1. The average Bonchev–Trinajstić information content (AvgIpc) is 2.89. The summed E-state index contributed by atoms with van der Waals surface area (Å²) in [4.78, 5) is 26.1. The number of anilines is 1. The van der Waals surface area contributed by atoms with E-state index in [0.29, 0.717) is 18.1 Å². The molecule has 0 unspecified atom stereocenters. The zero-order valence-electron chi connectivity index (χ0n) is 15.4. The summed E-state index contributed by atoms with van der Waals surface area (Å²) >= 11 is 0. The van der Waals surface area contributed by atoms with Gasteiger partial charge in [0.05, 0.1) is 12.2 Å². The Morgan fingerprint density at radius 3 is 2.80 bits per heavy atom. The maximum atomic E-state index is 12.2. The van der Waals surface area contributed by atoms with Gasteiger partial charge in [-0.25, -0.2) is 4.79 Å². The quantitative estimate of drug-likeness (QED) is 0.844. The SMILES string of the molecule is Cc1cc(NC(=O)CN2CCCC[C@H]2CNC(=O)OC(C)(C)C)on1. The van der Waals surface area contributed by atoms with Crippen molar-refractivity contribution in [1.82, 2.24) is 15.4 Å².